The monoisotopic (exact) mass is 643 g/mol. The molecule has 5 nitrogen and oxygen atoms in total. The van der Waals surface area contributed by atoms with E-state index in [2.05, 4.69) is 44.0 Å². The molecular weight excluding hydrogens is 618 g/mol. The van der Waals surface area contributed by atoms with Gasteiger partial charge in [0.05, 0.1) is 22.6 Å². The number of amides is 1. The Hall–Kier alpha value is -3.55. The zero-order valence-electron chi connectivity index (χ0n) is 21.4. The van der Waals surface area contributed by atoms with Crippen LogP contribution in [-0.4, -0.2) is 26.9 Å². The SMILES string of the molecule is CCC(c1nc2ccccc2c(=O)n1-c1ccc(Br)cc1)N(CCc1ccccc1)C(=O)c1cccc(Br)c1. The number of fused-ring (bicyclic) bond motifs is 1. The normalized spacial score (nSPS) is 11.9. The maximum absolute atomic E-state index is 14.1. The van der Waals surface area contributed by atoms with Gasteiger partial charge < -0.3 is 4.90 Å². The zero-order valence-corrected chi connectivity index (χ0v) is 24.6. The molecule has 5 rings (SSSR count). The van der Waals surface area contributed by atoms with Crippen LogP contribution >= 0.6 is 31.9 Å². The van der Waals surface area contributed by atoms with Crippen LogP contribution in [0.25, 0.3) is 16.6 Å². The molecule has 0 saturated carbocycles. The van der Waals surface area contributed by atoms with Gasteiger partial charge in [0.1, 0.15) is 5.82 Å². The van der Waals surface area contributed by atoms with Crippen LogP contribution in [-0.2, 0) is 6.42 Å². The van der Waals surface area contributed by atoms with Gasteiger partial charge in [-0.1, -0.05) is 87.3 Å². The molecule has 196 valence electrons. The van der Waals surface area contributed by atoms with Crippen molar-refractivity contribution in [2.75, 3.05) is 6.54 Å². The first-order valence-electron chi connectivity index (χ1n) is 12.8. The minimum absolute atomic E-state index is 0.108. The number of benzene rings is 4. The van der Waals surface area contributed by atoms with E-state index in [-0.39, 0.29) is 11.5 Å². The van der Waals surface area contributed by atoms with Crippen molar-refractivity contribution in [3.8, 4) is 5.69 Å². The van der Waals surface area contributed by atoms with Gasteiger partial charge in [0, 0.05) is 21.1 Å². The molecule has 1 unspecified atom stereocenters. The van der Waals surface area contributed by atoms with Crippen molar-refractivity contribution >= 4 is 48.7 Å². The summed E-state index contributed by atoms with van der Waals surface area (Å²) in [6.07, 6.45) is 1.25. The van der Waals surface area contributed by atoms with Crippen LogP contribution in [0.5, 0.6) is 0 Å². The number of para-hydroxylation sites is 1. The van der Waals surface area contributed by atoms with E-state index in [1.807, 2.05) is 96.8 Å². The van der Waals surface area contributed by atoms with Gasteiger partial charge in [-0.2, -0.15) is 0 Å². The van der Waals surface area contributed by atoms with Crippen molar-refractivity contribution in [2.24, 2.45) is 0 Å². The Morgan fingerprint density at radius 2 is 1.59 bits per heavy atom. The predicted octanol–water partition coefficient (Wildman–Crippen LogP) is 7.75. The van der Waals surface area contributed by atoms with E-state index < -0.39 is 6.04 Å². The van der Waals surface area contributed by atoms with Gasteiger partial charge in [0.25, 0.3) is 11.5 Å². The molecule has 0 saturated heterocycles. The fraction of sp³-hybridized carbons (Fsp3) is 0.156. The number of carbonyl (C=O) groups is 1. The first-order valence-corrected chi connectivity index (χ1v) is 14.4. The molecule has 1 amide bonds. The van der Waals surface area contributed by atoms with E-state index >= 15 is 0 Å². The second-order valence-corrected chi connectivity index (χ2v) is 11.1. The van der Waals surface area contributed by atoms with Gasteiger partial charge in [0.15, 0.2) is 0 Å². The van der Waals surface area contributed by atoms with Crippen LogP contribution in [0.1, 0.15) is 41.1 Å². The number of halogens is 2. The van der Waals surface area contributed by atoms with E-state index in [9.17, 15) is 9.59 Å². The van der Waals surface area contributed by atoms with Crippen LogP contribution in [0.15, 0.2) is 117 Å². The first-order chi connectivity index (χ1) is 19.0. The molecule has 0 fully saturated rings. The second kappa shape index (κ2) is 12.1. The predicted molar refractivity (Wildman–Crippen MR) is 163 cm³/mol. The Morgan fingerprint density at radius 1 is 0.872 bits per heavy atom. The summed E-state index contributed by atoms with van der Waals surface area (Å²) in [6.45, 7) is 2.50. The number of hydrogen-bond donors (Lipinski definition) is 0. The van der Waals surface area contributed by atoms with Crippen molar-refractivity contribution in [3.63, 3.8) is 0 Å². The molecule has 1 heterocycles. The summed E-state index contributed by atoms with van der Waals surface area (Å²) in [5.41, 5.74) is 2.87. The fourth-order valence-corrected chi connectivity index (χ4v) is 5.50. The molecule has 0 bridgehead atoms. The third kappa shape index (κ3) is 5.89. The van der Waals surface area contributed by atoms with Crippen molar-refractivity contribution < 1.29 is 4.79 Å². The largest absolute Gasteiger partial charge is 0.328 e. The topological polar surface area (TPSA) is 55.2 Å². The van der Waals surface area contributed by atoms with Crippen LogP contribution in [0.3, 0.4) is 0 Å². The highest BCUT2D eigenvalue weighted by Gasteiger charge is 2.30. The maximum atomic E-state index is 14.1. The molecule has 1 atom stereocenters. The Kier molecular flexibility index (Phi) is 8.38. The summed E-state index contributed by atoms with van der Waals surface area (Å²) in [5, 5.41) is 0.535. The van der Waals surface area contributed by atoms with Gasteiger partial charge in [-0.25, -0.2) is 4.98 Å². The van der Waals surface area contributed by atoms with Crippen LogP contribution < -0.4 is 5.56 Å². The van der Waals surface area contributed by atoms with Crippen molar-refractivity contribution in [1.29, 1.82) is 0 Å². The highest BCUT2D eigenvalue weighted by Crippen LogP contribution is 2.29. The molecule has 0 N–H and O–H groups in total. The Labute approximate surface area is 244 Å². The molecule has 39 heavy (non-hydrogen) atoms. The number of nitrogens with zero attached hydrogens (tertiary/aromatic N) is 3. The van der Waals surface area contributed by atoms with Gasteiger partial charge in [0.2, 0.25) is 0 Å². The Morgan fingerprint density at radius 3 is 2.31 bits per heavy atom. The standard InChI is InChI=1S/C32H27Br2N3O2/c1-2-29(36(20-19-22-9-4-3-5-10-22)31(38)23-11-8-12-25(34)21-23)30-35-28-14-7-6-13-27(28)32(39)37(30)26-17-15-24(33)16-18-26/h3-18,21,29H,2,19-20H2,1H3. The number of carbonyl (C=O) groups excluding carboxylic acids is 1. The second-order valence-electron chi connectivity index (χ2n) is 9.27. The Balaban J connectivity index is 1.68. The third-order valence-electron chi connectivity index (χ3n) is 6.76. The molecule has 0 aliphatic heterocycles. The molecule has 4 aromatic carbocycles. The lowest BCUT2D eigenvalue weighted by atomic mass is 10.1. The Bertz CT molecular complexity index is 1670. The molecule has 0 aliphatic carbocycles. The van der Waals surface area contributed by atoms with Crippen LogP contribution in [0, 0.1) is 0 Å². The van der Waals surface area contributed by atoms with Crippen LogP contribution in [0.4, 0.5) is 0 Å². The summed E-state index contributed by atoms with van der Waals surface area (Å²) in [5.74, 6) is 0.434. The lowest BCUT2D eigenvalue weighted by Gasteiger charge is -2.32. The van der Waals surface area contributed by atoms with Crippen molar-refractivity contribution in [1.82, 2.24) is 14.5 Å². The maximum Gasteiger partial charge on any atom is 0.266 e. The van der Waals surface area contributed by atoms with Gasteiger partial charge in [-0.15, -0.1) is 0 Å². The van der Waals surface area contributed by atoms with Gasteiger partial charge in [-0.05, 0) is 73.0 Å². The lowest BCUT2D eigenvalue weighted by Crippen LogP contribution is -2.39. The van der Waals surface area contributed by atoms with Gasteiger partial charge >= 0.3 is 0 Å². The number of aromatic nitrogens is 2. The molecular formula is C32H27Br2N3O2. The molecule has 0 aliphatic rings. The minimum atomic E-state index is -0.443. The van der Waals surface area contributed by atoms with Crippen molar-refractivity contribution in [3.05, 3.63) is 139 Å². The molecule has 1 aromatic heterocycles. The lowest BCUT2D eigenvalue weighted by molar-refractivity contribution is 0.0661. The van der Waals surface area contributed by atoms with E-state index in [0.717, 1.165) is 14.5 Å². The average molecular weight is 645 g/mol. The zero-order chi connectivity index (χ0) is 27.4. The summed E-state index contributed by atoms with van der Waals surface area (Å²) >= 11 is 7.00. The summed E-state index contributed by atoms with van der Waals surface area (Å²) in [6, 6.07) is 32.1. The smallest absolute Gasteiger partial charge is 0.266 e. The highest BCUT2D eigenvalue weighted by atomic mass is 79.9. The van der Waals surface area contributed by atoms with E-state index in [0.29, 0.717) is 47.4 Å². The summed E-state index contributed by atoms with van der Waals surface area (Å²) in [4.78, 5) is 34.9. The molecule has 0 spiro atoms. The van der Waals surface area contributed by atoms with E-state index in [4.69, 9.17) is 4.98 Å². The van der Waals surface area contributed by atoms with E-state index in [1.165, 1.54) is 0 Å². The number of hydrogen-bond acceptors (Lipinski definition) is 3. The fourth-order valence-electron chi connectivity index (χ4n) is 4.84. The van der Waals surface area contributed by atoms with Crippen molar-refractivity contribution in [2.45, 2.75) is 25.8 Å². The minimum Gasteiger partial charge on any atom is -0.328 e. The average Bonchev–Trinajstić information content (AvgIpc) is 2.96. The van der Waals surface area contributed by atoms with Gasteiger partial charge in [-0.3, -0.25) is 14.2 Å². The summed E-state index contributed by atoms with van der Waals surface area (Å²) in [7, 11) is 0. The highest BCUT2D eigenvalue weighted by molar-refractivity contribution is 9.10. The van der Waals surface area contributed by atoms with E-state index in [1.54, 1.807) is 10.6 Å². The number of rotatable bonds is 8. The quantitative estimate of drug-likeness (QED) is 0.174. The van der Waals surface area contributed by atoms with Crippen LogP contribution in [0.2, 0.25) is 0 Å². The molecule has 5 aromatic rings. The third-order valence-corrected chi connectivity index (χ3v) is 7.79. The molecule has 7 heteroatoms. The molecule has 0 radical (unpaired) electrons. The first kappa shape index (κ1) is 27.0. The summed E-state index contributed by atoms with van der Waals surface area (Å²) < 4.78 is 3.41.